The average Bonchev–Trinajstić information content (AvgIpc) is 2.87. The molecule has 190 valence electrons. The maximum atomic E-state index is 14.6. The first-order valence-electron chi connectivity index (χ1n) is 12.8. The van der Waals surface area contributed by atoms with Crippen LogP contribution in [0.3, 0.4) is 0 Å². The number of aryl methyl sites for hydroxylation is 1. The summed E-state index contributed by atoms with van der Waals surface area (Å²) in [5.41, 5.74) is 2.91. The number of nitrogens with zero attached hydrogens (tertiary/aromatic N) is 5. The van der Waals surface area contributed by atoms with Crippen molar-refractivity contribution in [3.63, 3.8) is 0 Å². The Labute approximate surface area is 211 Å². The predicted molar refractivity (Wildman–Crippen MR) is 138 cm³/mol. The second-order valence-electron chi connectivity index (χ2n) is 10.7. The number of fused-ring (bicyclic) bond motifs is 1. The highest BCUT2D eigenvalue weighted by Crippen LogP contribution is 2.37. The summed E-state index contributed by atoms with van der Waals surface area (Å²) in [5, 5.41) is 19.3. The lowest BCUT2D eigenvalue weighted by Gasteiger charge is -2.37. The Balaban J connectivity index is 1.34. The van der Waals surface area contributed by atoms with Crippen molar-refractivity contribution in [1.82, 2.24) is 20.2 Å². The fraction of sp³-hybridized carbons (Fsp3) is 0.500. The second kappa shape index (κ2) is 9.64. The van der Waals surface area contributed by atoms with Crippen LogP contribution in [-0.2, 0) is 6.42 Å². The Hall–Kier alpha value is -3.29. The molecule has 3 aromatic rings. The first-order valence-corrected chi connectivity index (χ1v) is 12.8. The molecule has 0 spiro atoms. The summed E-state index contributed by atoms with van der Waals surface area (Å²) < 4.78 is 20.8. The molecule has 0 saturated heterocycles. The quantitative estimate of drug-likeness (QED) is 0.485. The van der Waals surface area contributed by atoms with Crippen LogP contribution in [0.2, 0.25) is 0 Å². The minimum Gasteiger partial charge on any atom is -0.507 e. The van der Waals surface area contributed by atoms with Crippen molar-refractivity contribution < 1.29 is 14.2 Å². The van der Waals surface area contributed by atoms with Gasteiger partial charge >= 0.3 is 0 Å². The van der Waals surface area contributed by atoms with E-state index in [1.165, 1.54) is 0 Å². The van der Waals surface area contributed by atoms with Gasteiger partial charge in [0.1, 0.15) is 23.3 Å². The molecule has 5 rings (SSSR count). The predicted octanol–water partition coefficient (Wildman–Crippen LogP) is 5.76. The number of benzene rings is 1. The maximum Gasteiger partial charge on any atom is 0.185 e. The van der Waals surface area contributed by atoms with Crippen LogP contribution >= 0.6 is 0 Å². The average molecular weight is 492 g/mol. The molecule has 2 aromatic heterocycles. The number of alkyl halides is 1. The molecule has 1 aromatic carbocycles. The van der Waals surface area contributed by atoms with Crippen LogP contribution in [0.5, 0.6) is 11.5 Å². The molecule has 36 heavy (non-hydrogen) atoms. The van der Waals surface area contributed by atoms with Crippen molar-refractivity contribution in [2.45, 2.75) is 77.1 Å². The molecule has 0 radical (unpaired) electrons. The molecule has 1 N–H and O–H groups in total. The lowest BCUT2D eigenvalue weighted by molar-refractivity contribution is 0.0831. The smallest absolute Gasteiger partial charge is 0.185 e. The summed E-state index contributed by atoms with van der Waals surface area (Å²) >= 11 is 0. The molecule has 3 heterocycles. The molecule has 1 aliphatic heterocycles. The Morgan fingerprint density at radius 3 is 2.67 bits per heavy atom. The van der Waals surface area contributed by atoms with E-state index in [9.17, 15) is 9.50 Å². The Morgan fingerprint density at radius 2 is 1.94 bits per heavy atom. The SMILES string of the molecule is CC[C@@H]1CC[C@H](F)[C@H](N(C)c2cnc(-c3ccc(-c4cnc5c(c4)OC(C)(C)CC5)cc3O)nn2)C1. The molecule has 0 unspecified atom stereocenters. The summed E-state index contributed by atoms with van der Waals surface area (Å²) in [7, 11) is 1.85. The van der Waals surface area contributed by atoms with Gasteiger partial charge in [0, 0.05) is 18.8 Å². The fourth-order valence-electron chi connectivity index (χ4n) is 5.27. The first-order chi connectivity index (χ1) is 17.2. The number of hydrogen-bond donors (Lipinski definition) is 1. The number of anilines is 1. The van der Waals surface area contributed by atoms with Gasteiger partial charge < -0.3 is 14.7 Å². The van der Waals surface area contributed by atoms with Gasteiger partial charge in [-0.2, -0.15) is 0 Å². The molecular weight excluding hydrogens is 457 g/mol. The highest BCUT2D eigenvalue weighted by molar-refractivity contribution is 5.73. The van der Waals surface area contributed by atoms with Gasteiger partial charge in [0.05, 0.1) is 23.5 Å². The van der Waals surface area contributed by atoms with Crippen molar-refractivity contribution in [2.24, 2.45) is 5.92 Å². The molecule has 7 nitrogen and oxygen atoms in total. The van der Waals surface area contributed by atoms with Gasteiger partial charge in [-0.3, -0.25) is 4.98 Å². The lowest BCUT2D eigenvalue weighted by Crippen LogP contribution is -2.44. The minimum absolute atomic E-state index is 0.0521. The van der Waals surface area contributed by atoms with Gasteiger partial charge in [-0.05, 0) is 75.6 Å². The van der Waals surface area contributed by atoms with E-state index < -0.39 is 6.17 Å². The molecule has 1 fully saturated rings. The first kappa shape index (κ1) is 24.4. The number of phenols is 1. The van der Waals surface area contributed by atoms with Crippen molar-refractivity contribution in [1.29, 1.82) is 0 Å². The van der Waals surface area contributed by atoms with Crippen LogP contribution in [0.1, 0.15) is 58.6 Å². The highest BCUT2D eigenvalue weighted by atomic mass is 19.1. The number of phenolic OH excluding ortho intramolecular Hbond substituents is 1. The largest absolute Gasteiger partial charge is 0.507 e. The molecule has 1 saturated carbocycles. The Morgan fingerprint density at radius 1 is 1.11 bits per heavy atom. The molecule has 1 aliphatic carbocycles. The van der Waals surface area contributed by atoms with Crippen molar-refractivity contribution in [2.75, 3.05) is 11.9 Å². The van der Waals surface area contributed by atoms with Crippen LogP contribution < -0.4 is 9.64 Å². The number of pyridine rings is 1. The topological polar surface area (TPSA) is 84.3 Å². The Kier molecular flexibility index (Phi) is 6.53. The zero-order chi connectivity index (χ0) is 25.4. The number of hydrogen-bond acceptors (Lipinski definition) is 7. The normalized spacial score (nSPS) is 23.0. The third-order valence-electron chi connectivity index (χ3n) is 7.68. The van der Waals surface area contributed by atoms with E-state index in [2.05, 4.69) is 40.9 Å². The van der Waals surface area contributed by atoms with Crippen molar-refractivity contribution >= 4 is 5.82 Å². The third kappa shape index (κ3) is 4.86. The van der Waals surface area contributed by atoms with Gasteiger partial charge in [-0.15, -0.1) is 10.2 Å². The maximum absolute atomic E-state index is 14.6. The van der Waals surface area contributed by atoms with Crippen LogP contribution in [0, 0.1) is 5.92 Å². The van der Waals surface area contributed by atoms with Gasteiger partial charge in [0.25, 0.3) is 0 Å². The minimum atomic E-state index is -0.884. The zero-order valence-electron chi connectivity index (χ0n) is 21.4. The summed E-state index contributed by atoms with van der Waals surface area (Å²) in [4.78, 5) is 10.9. The second-order valence-corrected chi connectivity index (χ2v) is 10.7. The van der Waals surface area contributed by atoms with Crippen LogP contribution in [0.4, 0.5) is 10.2 Å². The zero-order valence-corrected chi connectivity index (χ0v) is 21.4. The van der Waals surface area contributed by atoms with E-state index in [1.54, 1.807) is 18.3 Å². The highest BCUT2D eigenvalue weighted by Gasteiger charge is 2.33. The molecule has 0 amide bonds. The van der Waals surface area contributed by atoms with Gasteiger partial charge in [-0.25, -0.2) is 9.37 Å². The fourth-order valence-corrected chi connectivity index (χ4v) is 5.27. The van der Waals surface area contributed by atoms with Crippen LogP contribution in [0.25, 0.3) is 22.5 Å². The molecular formula is C28H34FN5O2. The third-order valence-corrected chi connectivity index (χ3v) is 7.68. The van der Waals surface area contributed by atoms with Gasteiger partial charge in [0.15, 0.2) is 11.6 Å². The van der Waals surface area contributed by atoms with E-state index in [0.29, 0.717) is 29.5 Å². The van der Waals surface area contributed by atoms with Crippen LogP contribution in [-0.4, -0.2) is 50.1 Å². The van der Waals surface area contributed by atoms with E-state index in [0.717, 1.165) is 54.7 Å². The van der Waals surface area contributed by atoms with E-state index >= 15 is 0 Å². The summed E-state index contributed by atoms with van der Waals surface area (Å²) in [6, 6.07) is 7.11. The van der Waals surface area contributed by atoms with E-state index in [4.69, 9.17) is 4.74 Å². The molecule has 3 atom stereocenters. The Bertz CT molecular complexity index is 1230. The van der Waals surface area contributed by atoms with Crippen molar-refractivity contribution in [3.05, 3.63) is 42.4 Å². The van der Waals surface area contributed by atoms with Gasteiger partial charge in [0.2, 0.25) is 0 Å². The van der Waals surface area contributed by atoms with Crippen LogP contribution in [0.15, 0.2) is 36.7 Å². The molecule has 8 heteroatoms. The van der Waals surface area contributed by atoms with E-state index in [1.807, 2.05) is 30.3 Å². The standard InChI is InChI=1S/C28H34FN5O2/c1-5-17-6-9-21(29)23(12-17)34(4)26-16-31-27(33-32-26)20-8-7-18(13-24(20)35)19-14-25-22(30-15-19)10-11-28(2,3)36-25/h7-8,13-17,21,23,35H,5-6,9-12H2,1-4H3/t17-,21+,23-/m1/s1. The number of halogens is 1. The molecule has 0 bridgehead atoms. The van der Waals surface area contributed by atoms with Gasteiger partial charge in [-0.1, -0.05) is 19.4 Å². The number of ether oxygens (including phenoxy) is 1. The van der Waals surface area contributed by atoms with Crippen molar-refractivity contribution in [3.8, 4) is 34.0 Å². The summed E-state index contributed by atoms with van der Waals surface area (Å²) in [6.07, 6.45) is 7.72. The number of aromatic nitrogens is 4. The summed E-state index contributed by atoms with van der Waals surface area (Å²) in [6.45, 7) is 6.31. The number of rotatable bonds is 5. The lowest BCUT2D eigenvalue weighted by atomic mass is 9.82. The number of aromatic hydroxyl groups is 1. The molecule has 2 aliphatic rings. The monoisotopic (exact) mass is 491 g/mol. The van der Waals surface area contributed by atoms with E-state index in [-0.39, 0.29) is 17.4 Å². The summed E-state index contributed by atoms with van der Waals surface area (Å²) in [5.74, 6) is 2.22.